The van der Waals surface area contributed by atoms with Crippen molar-refractivity contribution in [3.8, 4) is 0 Å². The molecule has 138 valence electrons. The largest absolute Gasteiger partial charge is 0.384 e. The summed E-state index contributed by atoms with van der Waals surface area (Å²) in [6, 6.07) is 14.0. The van der Waals surface area contributed by atoms with Gasteiger partial charge in [-0.25, -0.2) is 0 Å². The Hall–Kier alpha value is -1.61. The lowest BCUT2D eigenvalue weighted by Gasteiger charge is -2.33. The highest BCUT2D eigenvalue weighted by Crippen LogP contribution is 2.43. The van der Waals surface area contributed by atoms with Gasteiger partial charge in [-0.2, -0.15) is 0 Å². The number of hydrogen-bond donors (Lipinski definition) is 1. The summed E-state index contributed by atoms with van der Waals surface area (Å²) in [5.41, 5.74) is 7.35. The van der Waals surface area contributed by atoms with Crippen LogP contribution in [0.25, 0.3) is 0 Å². The summed E-state index contributed by atoms with van der Waals surface area (Å²) in [6.45, 7) is 13.7. The number of anilines is 2. The summed E-state index contributed by atoms with van der Waals surface area (Å²) >= 11 is 1.96. The van der Waals surface area contributed by atoms with Crippen LogP contribution in [0.4, 0.5) is 11.4 Å². The molecule has 2 heterocycles. The van der Waals surface area contributed by atoms with Crippen LogP contribution in [0.5, 0.6) is 0 Å². The highest BCUT2D eigenvalue weighted by molar-refractivity contribution is 7.99. The summed E-state index contributed by atoms with van der Waals surface area (Å²) in [6.07, 6.45) is 1.15. The third-order valence-corrected chi connectivity index (χ3v) is 6.83. The zero-order valence-electron chi connectivity index (χ0n) is 16.6. The first-order chi connectivity index (χ1) is 12.2. The summed E-state index contributed by atoms with van der Waals surface area (Å²) in [5.74, 6) is 1.05. The predicted molar refractivity (Wildman–Crippen MR) is 115 cm³/mol. The molecule has 0 saturated carbocycles. The van der Waals surface area contributed by atoms with Crippen LogP contribution in [-0.2, 0) is 17.3 Å². The average molecular weight is 367 g/mol. The van der Waals surface area contributed by atoms with Crippen LogP contribution < -0.4 is 10.2 Å². The molecule has 0 radical (unpaired) electrons. The van der Waals surface area contributed by atoms with Crippen LogP contribution in [0.3, 0.4) is 0 Å². The van der Waals surface area contributed by atoms with Gasteiger partial charge in [0.25, 0.3) is 0 Å². The highest BCUT2D eigenvalue weighted by atomic mass is 32.2. The second kappa shape index (κ2) is 6.23. The molecule has 2 aliphatic rings. The van der Waals surface area contributed by atoms with E-state index in [0.29, 0.717) is 0 Å². The summed E-state index contributed by atoms with van der Waals surface area (Å²) in [7, 11) is 0. The van der Waals surface area contributed by atoms with E-state index in [1.807, 2.05) is 11.8 Å². The van der Waals surface area contributed by atoms with Gasteiger partial charge in [0.2, 0.25) is 0 Å². The normalized spacial score (nSPS) is 16.4. The first kappa shape index (κ1) is 17.8. The maximum absolute atomic E-state index is 3.53. The SMILES string of the molecule is CC(C)(C)c1ccc2c(c1)N(CC(C)(C)c1ccc3c(c1)NCC3)CS2. The van der Waals surface area contributed by atoms with Crippen LogP contribution in [0.1, 0.15) is 51.3 Å². The summed E-state index contributed by atoms with van der Waals surface area (Å²) in [5, 5.41) is 3.53. The smallest absolute Gasteiger partial charge is 0.0687 e. The Morgan fingerprint density at radius 3 is 2.54 bits per heavy atom. The molecule has 0 fully saturated rings. The van der Waals surface area contributed by atoms with Crippen molar-refractivity contribution in [2.24, 2.45) is 0 Å². The van der Waals surface area contributed by atoms with Crippen molar-refractivity contribution < 1.29 is 0 Å². The molecule has 0 saturated heterocycles. The molecule has 2 aromatic rings. The number of hydrogen-bond acceptors (Lipinski definition) is 3. The van der Waals surface area contributed by atoms with E-state index in [1.165, 1.54) is 33.0 Å². The van der Waals surface area contributed by atoms with Crippen molar-refractivity contribution in [2.45, 2.75) is 56.8 Å². The van der Waals surface area contributed by atoms with Crippen LogP contribution in [-0.4, -0.2) is 19.0 Å². The van der Waals surface area contributed by atoms with Crippen LogP contribution in [0.2, 0.25) is 0 Å². The standard InChI is InChI=1S/C23H30N2S/c1-22(2,3)17-8-9-21-20(13-17)25(15-26-21)14-23(4,5)18-7-6-16-10-11-24-19(16)12-18/h6-9,12-13,24H,10-11,14-15H2,1-5H3. The van der Waals surface area contributed by atoms with E-state index >= 15 is 0 Å². The first-order valence-corrected chi connectivity index (χ1v) is 10.6. The zero-order chi connectivity index (χ0) is 18.5. The van der Waals surface area contributed by atoms with Gasteiger partial charge in [0.05, 0.1) is 11.6 Å². The van der Waals surface area contributed by atoms with Crippen molar-refractivity contribution in [3.05, 3.63) is 53.1 Å². The lowest BCUT2D eigenvalue weighted by Crippen LogP contribution is -2.35. The minimum Gasteiger partial charge on any atom is -0.384 e. The lowest BCUT2D eigenvalue weighted by molar-refractivity contribution is 0.522. The first-order valence-electron chi connectivity index (χ1n) is 9.64. The number of nitrogens with one attached hydrogen (secondary N) is 1. The molecule has 1 N–H and O–H groups in total. The molecule has 0 aliphatic carbocycles. The minimum atomic E-state index is 0.110. The average Bonchev–Trinajstić information content (AvgIpc) is 3.19. The molecule has 0 amide bonds. The van der Waals surface area contributed by atoms with Crippen molar-refractivity contribution in [1.82, 2.24) is 0 Å². The van der Waals surface area contributed by atoms with Crippen LogP contribution in [0, 0.1) is 0 Å². The fraction of sp³-hybridized carbons (Fsp3) is 0.478. The molecule has 26 heavy (non-hydrogen) atoms. The lowest BCUT2D eigenvalue weighted by atomic mass is 9.83. The number of thioether (sulfide) groups is 1. The third kappa shape index (κ3) is 3.22. The van der Waals surface area contributed by atoms with E-state index in [-0.39, 0.29) is 10.8 Å². The van der Waals surface area contributed by atoms with Crippen LogP contribution in [0.15, 0.2) is 41.3 Å². The highest BCUT2D eigenvalue weighted by Gasteiger charge is 2.30. The van der Waals surface area contributed by atoms with E-state index < -0.39 is 0 Å². The molecule has 0 aromatic heterocycles. The molecule has 2 nitrogen and oxygen atoms in total. The van der Waals surface area contributed by atoms with Crippen molar-refractivity contribution >= 4 is 23.1 Å². The quantitative estimate of drug-likeness (QED) is 0.739. The molecule has 4 rings (SSSR count). The number of nitrogens with zero attached hydrogens (tertiary/aromatic N) is 1. The second-order valence-electron chi connectivity index (χ2n) is 9.34. The van der Waals surface area contributed by atoms with E-state index in [2.05, 4.69) is 81.2 Å². The Balaban J connectivity index is 1.60. The van der Waals surface area contributed by atoms with Crippen molar-refractivity contribution in [2.75, 3.05) is 29.2 Å². The Kier molecular flexibility index (Phi) is 4.26. The van der Waals surface area contributed by atoms with Crippen molar-refractivity contribution in [3.63, 3.8) is 0 Å². The van der Waals surface area contributed by atoms with E-state index in [4.69, 9.17) is 0 Å². The predicted octanol–water partition coefficient (Wildman–Crippen LogP) is 5.80. The monoisotopic (exact) mass is 366 g/mol. The molecule has 0 spiro atoms. The Labute approximate surface area is 162 Å². The number of benzene rings is 2. The van der Waals surface area contributed by atoms with Gasteiger partial charge in [-0.05, 0) is 46.7 Å². The molecular weight excluding hydrogens is 336 g/mol. The van der Waals surface area contributed by atoms with Gasteiger partial charge in [-0.3, -0.25) is 0 Å². The molecular formula is C23H30N2S. The van der Waals surface area contributed by atoms with Gasteiger partial charge in [0.15, 0.2) is 0 Å². The van der Waals surface area contributed by atoms with Gasteiger partial charge in [-0.1, -0.05) is 52.8 Å². The van der Waals surface area contributed by atoms with E-state index in [1.54, 1.807) is 0 Å². The van der Waals surface area contributed by atoms with Gasteiger partial charge in [0.1, 0.15) is 0 Å². The summed E-state index contributed by atoms with van der Waals surface area (Å²) < 4.78 is 0. The van der Waals surface area contributed by atoms with Crippen molar-refractivity contribution in [1.29, 1.82) is 0 Å². The molecule has 0 bridgehead atoms. The minimum absolute atomic E-state index is 0.110. The molecule has 3 heteroatoms. The number of rotatable bonds is 3. The molecule has 2 aromatic carbocycles. The topological polar surface area (TPSA) is 15.3 Å². The second-order valence-corrected chi connectivity index (χ2v) is 10.3. The summed E-state index contributed by atoms with van der Waals surface area (Å²) in [4.78, 5) is 3.99. The van der Waals surface area contributed by atoms with E-state index in [0.717, 1.165) is 25.4 Å². The van der Waals surface area contributed by atoms with Gasteiger partial charge >= 0.3 is 0 Å². The maximum atomic E-state index is 3.53. The van der Waals surface area contributed by atoms with Gasteiger partial charge in [-0.15, -0.1) is 11.8 Å². The maximum Gasteiger partial charge on any atom is 0.0687 e. The van der Waals surface area contributed by atoms with Gasteiger partial charge < -0.3 is 10.2 Å². The fourth-order valence-electron chi connectivity index (χ4n) is 3.98. The Morgan fingerprint density at radius 1 is 1.00 bits per heavy atom. The molecule has 2 aliphatic heterocycles. The number of fused-ring (bicyclic) bond motifs is 2. The Bertz CT molecular complexity index is 833. The van der Waals surface area contributed by atoms with Gasteiger partial charge in [0, 0.05) is 29.1 Å². The van der Waals surface area contributed by atoms with Crippen LogP contribution >= 0.6 is 11.8 Å². The third-order valence-electron chi connectivity index (χ3n) is 5.73. The fourth-order valence-corrected chi connectivity index (χ4v) is 5.01. The zero-order valence-corrected chi connectivity index (χ0v) is 17.5. The Morgan fingerprint density at radius 2 is 1.77 bits per heavy atom. The molecule has 0 unspecified atom stereocenters. The van der Waals surface area contributed by atoms with E-state index in [9.17, 15) is 0 Å². The molecule has 0 atom stereocenters.